The van der Waals surface area contributed by atoms with E-state index in [0.29, 0.717) is 22.3 Å². The molecule has 0 bridgehead atoms. The fourth-order valence-electron chi connectivity index (χ4n) is 1.99. The summed E-state index contributed by atoms with van der Waals surface area (Å²) in [5.74, 6) is -0.430. The van der Waals surface area contributed by atoms with E-state index in [1.54, 1.807) is 12.1 Å². The number of carbonyl (C=O) groups is 2. The minimum absolute atomic E-state index is 0.197. The zero-order valence-electron chi connectivity index (χ0n) is 8.71. The summed E-state index contributed by atoms with van der Waals surface area (Å²) in [6, 6.07) is 3.12. The Bertz CT molecular complexity index is 596. The topological polar surface area (TPSA) is 63.6 Å². The van der Waals surface area contributed by atoms with Crippen LogP contribution < -0.4 is 0 Å². The molecule has 0 aromatic heterocycles. The molecule has 0 spiro atoms. The number of fused-ring (bicyclic) bond motifs is 2. The number of ketones is 2. The number of ether oxygens (including phenoxy) is 1. The van der Waals surface area contributed by atoms with Gasteiger partial charge in [0.2, 0.25) is 6.29 Å². The van der Waals surface area contributed by atoms with E-state index in [4.69, 9.17) is 4.74 Å². The molecule has 1 aromatic rings. The molecule has 3 rings (SSSR count). The molecule has 1 aromatic carbocycles. The fourth-order valence-corrected chi connectivity index (χ4v) is 1.99. The van der Waals surface area contributed by atoms with E-state index in [1.165, 1.54) is 24.5 Å². The molecule has 0 radical (unpaired) electrons. The van der Waals surface area contributed by atoms with Gasteiger partial charge in [0.15, 0.2) is 11.6 Å². The van der Waals surface area contributed by atoms with Crippen molar-refractivity contribution in [2.24, 2.45) is 0 Å². The van der Waals surface area contributed by atoms with Crippen LogP contribution in [0.1, 0.15) is 38.1 Å². The van der Waals surface area contributed by atoms with Crippen molar-refractivity contribution in [2.75, 3.05) is 0 Å². The van der Waals surface area contributed by atoms with Crippen molar-refractivity contribution in [1.29, 1.82) is 0 Å². The van der Waals surface area contributed by atoms with Crippen LogP contribution in [0.5, 0.6) is 0 Å². The number of allylic oxidation sites excluding steroid dienone is 2. The highest BCUT2D eigenvalue weighted by atomic mass is 16.6. The van der Waals surface area contributed by atoms with E-state index in [2.05, 4.69) is 0 Å². The maximum atomic E-state index is 11.6. The summed E-state index contributed by atoms with van der Waals surface area (Å²) < 4.78 is 4.92. The lowest BCUT2D eigenvalue weighted by Crippen LogP contribution is -2.15. The van der Waals surface area contributed by atoms with Gasteiger partial charge < -0.3 is 9.84 Å². The second-order valence-electron chi connectivity index (χ2n) is 3.88. The first-order valence-corrected chi connectivity index (χ1v) is 5.11. The Balaban J connectivity index is 2.27. The standard InChI is InChI=1S/C13H8O4/c14-11-1-2-12(15)10-6-8-7(5-9(10)11)3-4-17-13(8)16/h1-6,13,16H. The molecule has 1 unspecified atom stereocenters. The molecular weight excluding hydrogens is 220 g/mol. The number of hydrogen-bond donors (Lipinski definition) is 1. The van der Waals surface area contributed by atoms with Gasteiger partial charge in [-0.25, -0.2) is 0 Å². The SMILES string of the molecule is O=C1C=CC(=O)c2cc3c(cc21)C=COC3O. The Labute approximate surface area is 96.8 Å². The normalized spacial score (nSPS) is 20.9. The fraction of sp³-hybridized carbons (Fsp3) is 0.0769. The number of hydrogen-bond acceptors (Lipinski definition) is 4. The second kappa shape index (κ2) is 3.40. The van der Waals surface area contributed by atoms with E-state index in [-0.39, 0.29) is 11.6 Å². The lowest BCUT2D eigenvalue weighted by molar-refractivity contribution is -0.0555. The molecule has 1 heterocycles. The highest BCUT2D eigenvalue weighted by Gasteiger charge is 2.24. The summed E-state index contributed by atoms with van der Waals surface area (Å²) in [4.78, 5) is 23.3. The summed E-state index contributed by atoms with van der Waals surface area (Å²) in [6.07, 6.45) is 4.43. The maximum Gasteiger partial charge on any atom is 0.223 e. The van der Waals surface area contributed by atoms with E-state index >= 15 is 0 Å². The van der Waals surface area contributed by atoms with Gasteiger partial charge in [0.05, 0.1) is 6.26 Å². The molecule has 0 saturated heterocycles. The van der Waals surface area contributed by atoms with Crippen LogP contribution in [0, 0.1) is 0 Å². The van der Waals surface area contributed by atoms with Crippen LogP contribution in [0.15, 0.2) is 30.5 Å². The molecule has 4 heteroatoms. The van der Waals surface area contributed by atoms with Gasteiger partial charge in [0.25, 0.3) is 0 Å². The van der Waals surface area contributed by atoms with Gasteiger partial charge in [-0.2, -0.15) is 0 Å². The van der Waals surface area contributed by atoms with Gasteiger partial charge in [0.1, 0.15) is 0 Å². The van der Waals surface area contributed by atoms with Crippen molar-refractivity contribution < 1.29 is 19.4 Å². The maximum absolute atomic E-state index is 11.6. The van der Waals surface area contributed by atoms with Gasteiger partial charge in [-0.3, -0.25) is 9.59 Å². The van der Waals surface area contributed by atoms with Crippen LogP contribution in [0.3, 0.4) is 0 Å². The molecule has 84 valence electrons. The summed E-state index contributed by atoms with van der Waals surface area (Å²) in [5.41, 5.74) is 1.88. The van der Waals surface area contributed by atoms with Crippen molar-refractivity contribution in [1.82, 2.24) is 0 Å². The average molecular weight is 228 g/mol. The van der Waals surface area contributed by atoms with Crippen molar-refractivity contribution in [3.63, 3.8) is 0 Å². The second-order valence-corrected chi connectivity index (χ2v) is 3.88. The van der Waals surface area contributed by atoms with Crippen LogP contribution in [0.25, 0.3) is 6.08 Å². The number of aliphatic hydroxyl groups is 1. The molecule has 1 aliphatic carbocycles. The van der Waals surface area contributed by atoms with Crippen LogP contribution in [0.2, 0.25) is 0 Å². The monoisotopic (exact) mass is 228 g/mol. The smallest absolute Gasteiger partial charge is 0.223 e. The van der Waals surface area contributed by atoms with Gasteiger partial charge in [-0.1, -0.05) is 0 Å². The minimum Gasteiger partial charge on any atom is -0.468 e. The zero-order chi connectivity index (χ0) is 12.0. The molecule has 0 fully saturated rings. The Morgan fingerprint density at radius 1 is 1.00 bits per heavy atom. The summed E-state index contributed by atoms with van der Waals surface area (Å²) in [7, 11) is 0. The lowest BCUT2D eigenvalue weighted by atomic mass is 9.89. The third kappa shape index (κ3) is 1.42. The number of aliphatic hydroxyl groups excluding tert-OH is 1. The Morgan fingerprint density at radius 2 is 1.65 bits per heavy atom. The van der Waals surface area contributed by atoms with Crippen LogP contribution in [0.4, 0.5) is 0 Å². The third-order valence-electron chi connectivity index (χ3n) is 2.86. The van der Waals surface area contributed by atoms with Crippen LogP contribution >= 0.6 is 0 Å². The third-order valence-corrected chi connectivity index (χ3v) is 2.86. The molecular formula is C13H8O4. The first-order chi connectivity index (χ1) is 8.16. The number of rotatable bonds is 0. The molecule has 1 atom stereocenters. The minimum atomic E-state index is -1.09. The lowest BCUT2D eigenvalue weighted by Gasteiger charge is -2.20. The Morgan fingerprint density at radius 3 is 2.35 bits per heavy atom. The summed E-state index contributed by atoms with van der Waals surface area (Å²) in [5, 5.41) is 9.63. The van der Waals surface area contributed by atoms with Crippen LogP contribution in [-0.4, -0.2) is 16.7 Å². The van der Waals surface area contributed by atoms with Gasteiger partial charge >= 0.3 is 0 Å². The molecule has 1 N–H and O–H groups in total. The molecule has 0 saturated carbocycles. The Kier molecular flexibility index (Phi) is 2.00. The van der Waals surface area contributed by atoms with Crippen molar-refractivity contribution >= 4 is 17.6 Å². The average Bonchev–Trinajstić information content (AvgIpc) is 2.33. The molecule has 2 aliphatic rings. The van der Waals surface area contributed by atoms with Crippen LogP contribution in [-0.2, 0) is 4.74 Å². The van der Waals surface area contributed by atoms with E-state index in [0.717, 1.165) is 0 Å². The first-order valence-electron chi connectivity index (χ1n) is 5.11. The molecule has 0 amide bonds. The van der Waals surface area contributed by atoms with E-state index in [9.17, 15) is 14.7 Å². The predicted octanol–water partition coefficient (Wildman–Crippen LogP) is 1.61. The van der Waals surface area contributed by atoms with Crippen molar-refractivity contribution in [3.8, 4) is 0 Å². The quantitative estimate of drug-likeness (QED) is 0.732. The Hall–Kier alpha value is -2.20. The molecule has 17 heavy (non-hydrogen) atoms. The molecule has 1 aliphatic heterocycles. The summed E-state index contributed by atoms with van der Waals surface area (Å²) in [6.45, 7) is 0. The molecule has 4 nitrogen and oxygen atoms in total. The van der Waals surface area contributed by atoms with E-state index < -0.39 is 6.29 Å². The van der Waals surface area contributed by atoms with Crippen molar-refractivity contribution in [3.05, 3.63) is 52.8 Å². The van der Waals surface area contributed by atoms with Gasteiger partial charge in [-0.05, 0) is 35.9 Å². The first kappa shape index (κ1) is 9.99. The van der Waals surface area contributed by atoms with E-state index in [1.807, 2.05) is 0 Å². The van der Waals surface area contributed by atoms with Gasteiger partial charge in [-0.15, -0.1) is 0 Å². The predicted molar refractivity (Wildman–Crippen MR) is 59.3 cm³/mol. The zero-order valence-corrected chi connectivity index (χ0v) is 8.71. The number of carbonyl (C=O) groups excluding carboxylic acids is 2. The van der Waals surface area contributed by atoms with Gasteiger partial charge in [0, 0.05) is 16.7 Å². The summed E-state index contributed by atoms with van der Waals surface area (Å²) >= 11 is 0. The largest absolute Gasteiger partial charge is 0.468 e. The number of benzene rings is 1. The highest BCUT2D eigenvalue weighted by molar-refractivity contribution is 6.22. The highest BCUT2D eigenvalue weighted by Crippen LogP contribution is 2.30. The van der Waals surface area contributed by atoms with Crippen molar-refractivity contribution in [2.45, 2.75) is 6.29 Å².